The fourth-order valence-corrected chi connectivity index (χ4v) is 4.26. The first-order chi connectivity index (χ1) is 18.1. The quantitative estimate of drug-likeness (QED) is 0.438. The number of morpholine rings is 1. The van der Waals surface area contributed by atoms with Crippen molar-refractivity contribution in [3.05, 3.63) is 89.0 Å². The van der Waals surface area contributed by atoms with E-state index in [-0.39, 0.29) is 11.8 Å². The second-order valence-electron chi connectivity index (χ2n) is 8.78. The summed E-state index contributed by atoms with van der Waals surface area (Å²) in [5.41, 5.74) is 3.50. The Morgan fingerprint density at radius 1 is 0.865 bits per heavy atom. The van der Waals surface area contributed by atoms with E-state index in [2.05, 4.69) is 15.5 Å². The maximum atomic E-state index is 13.0. The summed E-state index contributed by atoms with van der Waals surface area (Å²) < 4.78 is 16.0. The summed E-state index contributed by atoms with van der Waals surface area (Å²) in [6.45, 7) is 4.42. The highest BCUT2D eigenvalue weighted by atomic mass is 16.5. The molecule has 0 aromatic heterocycles. The maximum absolute atomic E-state index is 13.0. The zero-order valence-electron chi connectivity index (χ0n) is 21.3. The average molecular weight is 504 g/mol. The predicted octanol–water partition coefficient (Wildman–Crippen LogP) is 3.76. The summed E-state index contributed by atoms with van der Waals surface area (Å²) in [5.74, 6) is 0.798. The number of hydrogen-bond donors (Lipinski definition) is 2. The number of nitrogens with one attached hydrogen (secondary N) is 2. The molecule has 1 fully saturated rings. The van der Waals surface area contributed by atoms with Crippen LogP contribution in [0.3, 0.4) is 0 Å². The third-order valence-corrected chi connectivity index (χ3v) is 6.27. The van der Waals surface area contributed by atoms with Crippen LogP contribution in [0.25, 0.3) is 0 Å². The van der Waals surface area contributed by atoms with Crippen molar-refractivity contribution in [3.8, 4) is 11.5 Å². The van der Waals surface area contributed by atoms with Gasteiger partial charge in [0, 0.05) is 31.7 Å². The topological polar surface area (TPSA) is 89.1 Å². The Morgan fingerprint density at radius 3 is 2.43 bits per heavy atom. The monoisotopic (exact) mass is 503 g/mol. The van der Waals surface area contributed by atoms with Gasteiger partial charge in [-0.3, -0.25) is 14.5 Å². The van der Waals surface area contributed by atoms with E-state index in [4.69, 9.17) is 14.2 Å². The zero-order chi connectivity index (χ0) is 26.0. The van der Waals surface area contributed by atoms with E-state index in [1.807, 2.05) is 36.4 Å². The van der Waals surface area contributed by atoms with Crippen molar-refractivity contribution in [1.29, 1.82) is 0 Å². The number of anilines is 1. The van der Waals surface area contributed by atoms with Gasteiger partial charge in [0.25, 0.3) is 11.8 Å². The number of methoxy groups -OCH3 is 2. The van der Waals surface area contributed by atoms with Crippen molar-refractivity contribution in [2.24, 2.45) is 0 Å². The number of benzene rings is 3. The van der Waals surface area contributed by atoms with Gasteiger partial charge in [0.2, 0.25) is 0 Å². The lowest BCUT2D eigenvalue weighted by atomic mass is 10.1. The molecule has 0 saturated carbocycles. The van der Waals surface area contributed by atoms with E-state index in [0.29, 0.717) is 41.3 Å². The number of ether oxygens (including phenoxy) is 3. The Balaban J connectivity index is 1.37. The van der Waals surface area contributed by atoms with Gasteiger partial charge in [0.15, 0.2) is 11.5 Å². The number of nitrogens with zero attached hydrogens (tertiary/aromatic N) is 1. The van der Waals surface area contributed by atoms with Gasteiger partial charge in [-0.05, 0) is 53.9 Å². The fourth-order valence-electron chi connectivity index (χ4n) is 4.26. The summed E-state index contributed by atoms with van der Waals surface area (Å²) in [4.78, 5) is 28.3. The van der Waals surface area contributed by atoms with Crippen LogP contribution in [-0.4, -0.2) is 63.8 Å². The normalized spacial score (nSPS) is 13.6. The van der Waals surface area contributed by atoms with Crippen molar-refractivity contribution >= 4 is 17.5 Å². The molecule has 0 aliphatic carbocycles. The van der Waals surface area contributed by atoms with Crippen molar-refractivity contribution in [1.82, 2.24) is 10.2 Å². The minimum Gasteiger partial charge on any atom is -0.493 e. The third kappa shape index (κ3) is 7.09. The molecule has 8 heteroatoms. The van der Waals surface area contributed by atoms with Crippen molar-refractivity contribution in [3.63, 3.8) is 0 Å². The average Bonchev–Trinajstić information content (AvgIpc) is 2.94. The first-order valence-corrected chi connectivity index (χ1v) is 12.4. The molecule has 0 spiro atoms. The number of rotatable bonds is 10. The summed E-state index contributed by atoms with van der Waals surface area (Å²) in [5, 5.41) is 5.85. The molecule has 2 N–H and O–H groups in total. The fraction of sp³-hybridized carbons (Fsp3) is 0.310. The first-order valence-electron chi connectivity index (χ1n) is 12.4. The van der Waals surface area contributed by atoms with Gasteiger partial charge in [-0.15, -0.1) is 0 Å². The molecule has 3 aromatic carbocycles. The molecule has 194 valence electrons. The van der Waals surface area contributed by atoms with E-state index in [1.54, 1.807) is 44.6 Å². The van der Waals surface area contributed by atoms with Gasteiger partial charge in [0.1, 0.15) is 0 Å². The Kier molecular flexibility index (Phi) is 9.13. The van der Waals surface area contributed by atoms with Crippen LogP contribution in [0.1, 0.15) is 31.8 Å². The second-order valence-corrected chi connectivity index (χ2v) is 8.78. The minimum atomic E-state index is -0.255. The molecular weight excluding hydrogens is 470 g/mol. The summed E-state index contributed by atoms with van der Waals surface area (Å²) in [6.07, 6.45) is 0.622. The van der Waals surface area contributed by atoms with Crippen LogP contribution in [0.15, 0.2) is 66.7 Å². The number of amides is 2. The number of carbonyl (C=O) groups excluding carboxylic acids is 2. The van der Waals surface area contributed by atoms with Crippen LogP contribution >= 0.6 is 0 Å². The highest BCUT2D eigenvalue weighted by molar-refractivity contribution is 6.09. The molecule has 4 rings (SSSR count). The van der Waals surface area contributed by atoms with Crippen molar-refractivity contribution in [2.75, 3.05) is 52.4 Å². The van der Waals surface area contributed by atoms with Gasteiger partial charge < -0.3 is 24.8 Å². The lowest BCUT2D eigenvalue weighted by Crippen LogP contribution is -2.35. The van der Waals surface area contributed by atoms with E-state index >= 15 is 0 Å². The van der Waals surface area contributed by atoms with Crippen LogP contribution in [0, 0.1) is 0 Å². The van der Waals surface area contributed by atoms with Crippen molar-refractivity contribution < 1.29 is 23.8 Å². The summed E-state index contributed by atoms with van der Waals surface area (Å²) >= 11 is 0. The van der Waals surface area contributed by atoms with Crippen LogP contribution in [0.5, 0.6) is 11.5 Å². The molecule has 0 radical (unpaired) electrons. The summed E-state index contributed by atoms with van der Waals surface area (Å²) in [7, 11) is 3.19. The SMILES string of the molecule is COc1ccc(CCNC(=O)c2ccccc2NC(=O)c2cccc(CN3CCOCC3)c2)cc1OC. The molecule has 0 atom stereocenters. The van der Waals surface area contributed by atoms with Crippen LogP contribution in [0.2, 0.25) is 0 Å². The van der Waals surface area contributed by atoms with Gasteiger partial charge >= 0.3 is 0 Å². The number of carbonyl (C=O) groups is 2. The molecule has 0 unspecified atom stereocenters. The Bertz CT molecular complexity index is 1220. The minimum absolute atomic E-state index is 0.252. The molecule has 3 aromatic rings. The Labute approximate surface area is 217 Å². The molecule has 1 heterocycles. The highest BCUT2D eigenvalue weighted by Gasteiger charge is 2.16. The first kappa shape index (κ1) is 26.2. The Morgan fingerprint density at radius 2 is 1.65 bits per heavy atom. The van der Waals surface area contributed by atoms with Crippen LogP contribution in [0.4, 0.5) is 5.69 Å². The van der Waals surface area contributed by atoms with Gasteiger partial charge in [-0.2, -0.15) is 0 Å². The van der Waals surface area contributed by atoms with E-state index in [0.717, 1.165) is 44.0 Å². The number of hydrogen-bond acceptors (Lipinski definition) is 6. The molecule has 1 aliphatic heterocycles. The van der Waals surface area contributed by atoms with Gasteiger partial charge in [0.05, 0.1) is 38.7 Å². The Hall–Kier alpha value is -3.88. The number of para-hydroxylation sites is 1. The molecular formula is C29H33N3O5. The van der Waals surface area contributed by atoms with Gasteiger partial charge in [-0.25, -0.2) is 0 Å². The second kappa shape index (κ2) is 12.9. The van der Waals surface area contributed by atoms with E-state index < -0.39 is 0 Å². The van der Waals surface area contributed by atoms with Crippen LogP contribution in [-0.2, 0) is 17.7 Å². The lowest BCUT2D eigenvalue weighted by molar-refractivity contribution is 0.0342. The predicted molar refractivity (Wildman–Crippen MR) is 143 cm³/mol. The van der Waals surface area contributed by atoms with E-state index in [9.17, 15) is 9.59 Å². The molecule has 8 nitrogen and oxygen atoms in total. The molecule has 0 bridgehead atoms. The largest absolute Gasteiger partial charge is 0.493 e. The maximum Gasteiger partial charge on any atom is 0.255 e. The molecule has 1 aliphatic rings. The summed E-state index contributed by atoms with van der Waals surface area (Å²) in [6, 6.07) is 20.3. The molecule has 1 saturated heterocycles. The standard InChI is InChI=1S/C29H33N3O5/c1-35-26-11-10-21(19-27(26)36-2)12-13-30-29(34)24-8-3-4-9-25(24)31-28(33)23-7-5-6-22(18-23)20-32-14-16-37-17-15-32/h3-11,18-19H,12-17,20H2,1-2H3,(H,30,34)(H,31,33). The third-order valence-electron chi connectivity index (χ3n) is 6.27. The van der Waals surface area contributed by atoms with Gasteiger partial charge in [-0.1, -0.05) is 30.3 Å². The smallest absolute Gasteiger partial charge is 0.255 e. The zero-order valence-corrected chi connectivity index (χ0v) is 21.3. The highest BCUT2D eigenvalue weighted by Crippen LogP contribution is 2.27. The molecule has 2 amide bonds. The molecule has 37 heavy (non-hydrogen) atoms. The van der Waals surface area contributed by atoms with E-state index in [1.165, 1.54) is 0 Å². The van der Waals surface area contributed by atoms with Crippen LogP contribution < -0.4 is 20.1 Å². The lowest BCUT2D eigenvalue weighted by Gasteiger charge is -2.26. The van der Waals surface area contributed by atoms with Crippen molar-refractivity contribution in [2.45, 2.75) is 13.0 Å².